The first-order valence-electron chi connectivity index (χ1n) is 4.85. The molecule has 0 spiro atoms. The summed E-state index contributed by atoms with van der Waals surface area (Å²) >= 11 is 0. The summed E-state index contributed by atoms with van der Waals surface area (Å²) in [7, 11) is -4.31. The van der Waals surface area contributed by atoms with E-state index in [2.05, 4.69) is 9.97 Å². The van der Waals surface area contributed by atoms with Crippen molar-refractivity contribution in [1.82, 2.24) is 14.7 Å². The largest absolute Gasteiger partial charge is 0.407 e. The Labute approximate surface area is 100 Å². The fraction of sp³-hybridized carbons (Fsp3) is 0.500. The van der Waals surface area contributed by atoms with Crippen molar-refractivity contribution in [2.75, 3.05) is 5.73 Å². The van der Waals surface area contributed by atoms with Crippen LogP contribution in [-0.4, -0.2) is 30.1 Å². The normalized spacial score (nSPS) is 18.6. The van der Waals surface area contributed by atoms with Gasteiger partial charge in [-0.3, -0.25) is 0 Å². The van der Waals surface area contributed by atoms with E-state index in [0.29, 0.717) is 0 Å². The van der Waals surface area contributed by atoms with Gasteiger partial charge in [0.2, 0.25) is 16.0 Å². The minimum atomic E-state index is -4.62. The molecule has 1 heterocycles. The standard InChI is InChI=1S/C8H9F3N4O2S/c9-8(10,11)7(1-2-7)15-18(16,17)5-3-13-6(12)14-4-5/h3-4,15H,1-2H2,(H2,12,13,14). The monoisotopic (exact) mass is 282 g/mol. The number of halogens is 3. The van der Waals surface area contributed by atoms with Gasteiger partial charge in [-0.2, -0.15) is 17.9 Å². The summed E-state index contributed by atoms with van der Waals surface area (Å²) in [5.74, 6) is -0.161. The highest BCUT2D eigenvalue weighted by molar-refractivity contribution is 7.89. The van der Waals surface area contributed by atoms with Crippen LogP contribution in [0.4, 0.5) is 19.1 Å². The molecule has 0 aromatic carbocycles. The van der Waals surface area contributed by atoms with Gasteiger partial charge in [0, 0.05) is 0 Å². The minimum Gasteiger partial charge on any atom is -0.368 e. The average Bonchev–Trinajstić information content (AvgIpc) is 2.97. The lowest BCUT2D eigenvalue weighted by atomic mass is 10.3. The Bertz CT molecular complexity index is 551. The molecule has 0 unspecified atom stereocenters. The zero-order valence-corrected chi connectivity index (χ0v) is 9.72. The second kappa shape index (κ2) is 3.79. The van der Waals surface area contributed by atoms with Crippen LogP contribution >= 0.6 is 0 Å². The summed E-state index contributed by atoms with van der Waals surface area (Å²) in [6.45, 7) is 0. The minimum absolute atomic E-state index is 0.161. The smallest absolute Gasteiger partial charge is 0.368 e. The number of sulfonamides is 1. The topological polar surface area (TPSA) is 98.0 Å². The molecule has 0 aliphatic heterocycles. The van der Waals surface area contributed by atoms with E-state index in [0.717, 1.165) is 12.4 Å². The van der Waals surface area contributed by atoms with Crippen LogP contribution in [0.25, 0.3) is 0 Å². The Morgan fingerprint density at radius 3 is 2.17 bits per heavy atom. The van der Waals surface area contributed by atoms with Gasteiger partial charge < -0.3 is 5.73 Å². The predicted molar refractivity (Wildman–Crippen MR) is 54.8 cm³/mol. The first-order chi connectivity index (χ1) is 8.16. The molecule has 1 saturated carbocycles. The SMILES string of the molecule is Nc1ncc(S(=O)(=O)NC2(C(F)(F)F)CC2)cn1. The van der Waals surface area contributed by atoms with E-state index in [-0.39, 0.29) is 18.8 Å². The van der Waals surface area contributed by atoms with Crippen molar-refractivity contribution in [3.8, 4) is 0 Å². The molecule has 6 nitrogen and oxygen atoms in total. The molecule has 0 saturated heterocycles. The highest BCUT2D eigenvalue weighted by Gasteiger charge is 2.65. The van der Waals surface area contributed by atoms with Gasteiger partial charge in [0.05, 0.1) is 12.4 Å². The fourth-order valence-corrected chi connectivity index (χ4v) is 2.68. The predicted octanol–water partition coefficient (Wildman–Crippen LogP) is 0.432. The molecular formula is C8H9F3N4O2S. The highest BCUT2D eigenvalue weighted by Crippen LogP contribution is 2.49. The maximum absolute atomic E-state index is 12.6. The number of nitrogens with zero attached hydrogens (tertiary/aromatic N) is 2. The molecule has 1 aromatic rings. The van der Waals surface area contributed by atoms with Crippen molar-refractivity contribution in [3.63, 3.8) is 0 Å². The lowest BCUT2D eigenvalue weighted by molar-refractivity contribution is -0.160. The molecule has 1 aliphatic rings. The van der Waals surface area contributed by atoms with E-state index in [1.807, 2.05) is 0 Å². The zero-order chi connectivity index (χ0) is 13.6. The molecule has 0 atom stereocenters. The number of nitrogens with two attached hydrogens (primary N) is 1. The Hall–Kier alpha value is -1.42. The van der Waals surface area contributed by atoms with Crippen molar-refractivity contribution >= 4 is 16.0 Å². The van der Waals surface area contributed by atoms with Gasteiger partial charge in [0.15, 0.2) is 0 Å². The Balaban J connectivity index is 2.26. The van der Waals surface area contributed by atoms with Gasteiger partial charge in [-0.05, 0) is 12.8 Å². The van der Waals surface area contributed by atoms with E-state index in [9.17, 15) is 21.6 Å². The maximum Gasteiger partial charge on any atom is 0.407 e. The zero-order valence-electron chi connectivity index (χ0n) is 8.90. The lowest BCUT2D eigenvalue weighted by Crippen LogP contribution is -2.47. The Kier molecular flexibility index (Phi) is 2.74. The van der Waals surface area contributed by atoms with Crippen LogP contribution in [-0.2, 0) is 10.0 Å². The summed E-state index contributed by atoms with van der Waals surface area (Å²) in [5.41, 5.74) is 2.81. The van der Waals surface area contributed by atoms with Crippen LogP contribution in [0.1, 0.15) is 12.8 Å². The molecule has 1 aromatic heterocycles. The summed E-state index contributed by atoms with van der Waals surface area (Å²) in [6, 6.07) is 0. The number of nitrogen functional groups attached to an aromatic ring is 1. The van der Waals surface area contributed by atoms with Crippen LogP contribution in [0.15, 0.2) is 17.3 Å². The Morgan fingerprint density at radius 2 is 1.78 bits per heavy atom. The molecule has 0 radical (unpaired) electrons. The third kappa shape index (κ3) is 2.25. The quantitative estimate of drug-likeness (QED) is 0.838. The van der Waals surface area contributed by atoms with Crippen LogP contribution in [0, 0.1) is 0 Å². The molecule has 1 fully saturated rings. The third-order valence-corrected chi connectivity index (χ3v) is 4.07. The molecule has 1 aliphatic carbocycles. The van der Waals surface area contributed by atoms with E-state index in [1.165, 1.54) is 0 Å². The lowest BCUT2D eigenvalue weighted by Gasteiger charge is -2.20. The average molecular weight is 282 g/mol. The van der Waals surface area contributed by atoms with Crippen molar-refractivity contribution < 1.29 is 21.6 Å². The van der Waals surface area contributed by atoms with Crippen LogP contribution in [0.3, 0.4) is 0 Å². The highest BCUT2D eigenvalue weighted by atomic mass is 32.2. The molecule has 100 valence electrons. The van der Waals surface area contributed by atoms with Gasteiger partial charge in [0.1, 0.15) is 10.4 Å². The summed E-state index contributed by atoms with van der Waals surface area (Å²) in [6.07, 6.45) is -3.44. The van der Waals surface area contributed by atoms with Crippen LogP contribution < -0.4 is 10.5 Å². The maximum atomic E-state index is 12.6. The number of hydrogen-bond acceptors (Lipinski definition) is 5. The number of hydrogen-bond donors (Lipinski definition) is 2. The fourth-order valence-electron chi connectivity index (χ4n) is 1.35. The van der Waals surface area contributed by atoms with E-state index in [1.54, 1.807) is 4.72 Å². The number of rotatable bonds is 3. The molecule has 18 heavy (non-hydrogen) atoms. The van der Waals surface area contributed by atoms with Crippen LogP contribution in [0.5, 0.6) is 0 Å². The first kappa shape index (κ1) is 13.0. The van der Waals surface area contributed by atoms with E-state index < -0.39 is 26.6 Å². The second-order valence-electron chi connectivity index (χ2n) is 3.96. The third-order valence-electron chi connectivity index (χ3n) is 2.58. The molecule has 0 bridgehead atoms. The Morgan fingerprint density at radius 1 is 1.28 bits per heavy atom. The van der Waals surface area contributed by atoms with Gasteiger partial charge in [-0.25, -0.2) is 18.4 Å². The molecule has 10 heteroatoms. The van der Waals surface area contributed by atoms with Crippen molar-refractivity contribution in [1.29, 1.82) is 0 Å². The van der Waals surface area contributed by atoms with Gasteiger partial charge in [-0.1, -0.05) is 0 Å². The molecular weight excluding hydrogens is 273 g/mol. The van der Waals surface area contributed by atoms with E-state index in [4.69, 9.17) is 5.73 Å². The summed E-state index contributed by atoms with van der Waals surface area (Å²) in [4.78, 5) is 6.40. The van der Waals surface area contributed by atoms with Crippen LogP contribution in [0.2, 0.25) is 0 Å². The second-order valence-corrected chi connectivity index (χ2v) is 5.64. The van der Waals surface area contributed by atoms with Gasteiger partial charge in [-0.15, -0.1) is 0 Å². The van der Waals surface area contributed by atoms with Crippen molar-refractivity contribution in [2.45, 2.75) is 29.5 Å². The van der Waals surface area contributed by atoms with E-state index >= 15 is 0 Å². The number of alkyl halides is 3. The van der Waals surface area contributed by atoms with Crippen molar-refractivity contribution in [3.05, 3.63) is 12.4 Å². The number of aromatic nitrogens is 2. The van der Waals surface area contributed by atoms with Gasteiger partial charge >= 0.3 is 6.18 Å². The molecule has 2 rings (SSSR count). The summed E-state index contributed by atoms with van der Waals surface area (Å²) in [5, 5.41) is 0. The first-order valence-corrected chi connectivity index (χ1v) is 6.33. The number of anilines is 1. The number of nitrogens with one attached hydrogen (secondary N) is 1. The van der Waals surface area contributed by atoms with Gasteiger partial charge in [0.25, 0.3) is 0 Å². The summed E-state index contributed by atoms with van der Waals surface area (Å²) < 4.78 is 63.0. The molecule has 0 amide bonds. The van der Waals surface area contributed by atoms with Crippen molar-refractivity contribution in [2.24, 2.45) is 0 Å². The molecule has 3 N–H and O–H groups in total.